The fourth-order valence-electron chi connectivity index (χ4n) is 2.67. The van der Waals surface area contributed by atoms with Gasteiger partial charge in [-0.3, -0.25) is 0 Å². The SMILES string of the molecule is Cc1noc(C2CCCN(c3ccc4nnnn4n3)C2)n1. The summed E-state index contributed by atoms with van der Waals surface area (Å²) in [7, 11) is 0. The second-order valence-electron chi connectivity index (χ2n) is 5.18. The van der Waals surface area contributed by atoms with E-state index in [0.29, 0.717) is 17.4 Å². The molecule has 4 heterocycles. The van der Waals surface area contributed by atoms with Gasteiger partial charge in [-0.15, -0.1) is 14.8 Å². The average molecular weight is 286 g/mol. The van der Waals surface area contributed by atoms with Gasteiger partial charge in [0, 0.05) is 13.1 Å². The molecule has 21 heavy (non-hydrogen) atoms. The number of hydrogen-bond donors (Lipinski definition) is 0. The van der Waals surface area contributed by atoms with Crippen molar-refractivity contribution in [3.63, 3.8) is 0 Å². The zero-order valence-electron chi connectivity index (χ0n) is 11.5. The predicted molar refractivity (Wildman–Crippen MR) is 71.8 cm³/mol. The summed E-state index contributed by atoms with van der Waals surface area (Å²) in [4.78, 5) is 6.54. The lowest BCUT2D eigenvalue weighted by atomic mass is 9.98. The summed E-state index contributed by atoms with van der Waals surface area (Å²) >= 11 is 0. The first-order chi connectivity index (χ1) is 10.3. The van der Waals surface area contributed by atoms with Gasteiger partial charge in [0.25, 0.3) is 0 Å². The molecule has 4 rings (SSSR count). The third kappa shape index (κ3) is 2.20. The quantitative estimate of drug-likeness (QED) is 0.675. The lowest BCUT2D eigenvalue weighted by molar-refractivity contribution is 0.330. The van der Waals surface area contributed by atoms with Crippen LogP contribution in [-0.4, -0.2) is 48.5 Å². The standard InChI is InChI=1S/C12H14N8O/c1-8-13-12(21-16-8)9-3-2-6-19(7-9)11-5-4-10-14-17-18-20(10)15-11/h4-5,9H,2-3,6-7H2,1H3. The van der Waals surface area contributed by atoms with Gasteiger partial charge < -0.3 is 9.42 Å². The van der Waals surface area contributed by atoms with Gasteiger partial charge in [0.15, 0.2) is 17.3 Å². The minimum Gasteiger partial charge on any atom is -0.354 e. The topological polar surface area (TPSA) is 98.1 Å². The fourth-order valence-corrected chi connectivity index (χ4v) is 2.67. The Morgan fingerprint density at radius 2 is 2.29 bits per heavy atom. The minimum absolute atomic E-state index is 0.242. The van der Waals surface area contributed by atoms with Crippen LogP contribution in [-0.2, 0) is 0 Å². The van der Waals surface area contributed by atoms with Crippen molar-refractivity contribution in [2.24, 2.45) is 0 Å². The number of rotatable bonds is 2. The summed E-state index contributed by atoms with van der Waals surface area (Å²) in [5.74, 6) is 2.48. The van der Waals surface area contributed by atoms with E-state index in [1.165, 1.54) is 4.63 Å². The number of hydrogen-bond acceptors (Lipinski definition) is 8. The van der Waals surface area contributed by atoms with Crippen LogP contribution in [0, 0.1) is 6.92 Å². The van der Waals surface area contributed by atoms with E-state index < -0.39 is 0 Å². The van der Waals surface area contributed by atoms with E-state index in [0.717, 1.165) is 31.7 Å². The first-order valence-corrected chi connectivity index (χ1v) is 6.90. The number of piperidine rings is 1. The molecular formula is C12H14N8O. The number of fused-ring (bicyclic) bond motifs is 1. The fraction of sp³-hybridized carbons (Fsp3) is 0.500. The molecule has 1 fully saturated rings. The lowest BCUT2D eigenvalue weighted by Crippen LogP contribution is -2.35. The number of aryl methyl sites for hydroxylation is 1. The van der Waals surface area contributed by atoms with Crippen molar-refractivity contribution < 1.29 is 4.52 Å². The van der Waals surface area contributed by atoms with Crippen LogP contribution in [0.2, 0.25) is 0 Å². The van der Waals surface area contributed by atoms with Gasteiger partial charge in [-0.2, -0.15) is 4.98 Å². The van der Waals surface area contributed by atoms with Crippen molar-refractivity contribution in [3.05, 3.63) is 23.8 Å². The molecule has 108 valence electrons. The van der Waals surface area contributed by atoms with E-state index in [1.54, 1.807) is 0 Å². The normalized spacial score (nSPS) is 19.3. The highest BCUT2D eigenvalue weighted by molar-refractivity contribution is 5.44. The molecule has 3 aromatic heterocycles. The molecule has 0 radical (unpaired) electrons. The third-order valence-corrected chi connectivity index (χ3v) is 3.69. The van der Waals surface area contributed by atoms with Crippen LogP contribution in [0.25, 0.3) is 5.65 Å². The van der Waals surface area contributed by atoms with Crippen molar-refractivity contribution in [1.29, 1.82) is 0 Å². The van der Waals surface area contributed by atoms with E-state index in [4.69, 9.17) is 4.52 Å². The Bertz CT molecular complexity index is 765. The van der Waals surface area contributed by atoms with Gasteiger partial charge in [0.05, 0.1) is 5.92 Å². The van der Waals surface area contributed by atoms with Crippen molar-refractivity contribution in [2.45, 2.75) is 25.7 Å². The Kier molecular flexibility index (Phi) is 2.76. The minimum atomic E-state index is 0.242. The molecule has 0 spiro atoms. The molecule has 0 saturated carbocycles. The number of tetrazole rings is 1. The van der Waals surface area contributed by atoms with Gasteiger partial charge in [-0.1, -0.05) is 5.16 Å². The first-order valence-electron chi connectivity index (χ1n) is 6.90. The van der Waals surface area contributed by atoms with Gasteiger partial charge in [-0.05, 0) is 42.3 Å². The maximum Gasteiger partial charge on any atom is 0.231 e. The lowest BCUT2D eigenvalue weighted by Gasteiger charge is -2.31. The summed E-state index contributed by atoms with van der Waals surface area (Å²) in [5.41, 5.74) is 0.639. The van der Waals surface area contributed by atoms with Gasteiger partial charge in [-0.25, -0.2) is 0 Å². The van der Waals surface area contributed by atoms with Gasteiger partial charge >= 0.3 is 0 Å². The van der Waals surface area contributed by atoms with Crippen LogP contribution in [0.15, 0.2) is 16.7 Å². The molecular weight excluding hydrogens is 272 g/mol. The van der Waals surface area contributed by atoms with E-state index in [9.17, 15) is 0 Å². The Labute approximate surface area is 119 Å². The molecule has 0 aliphatic carbocycles. The molecule has 1 aliphatic heterocycles. The Morgan fingerprint density at radius 3 is 3.14 bits per heavy atom. The molecule has 1 aliphatic rings. The molecule has 0 amide bonds. The zero-order valence-corrected chi connectivity index (χ0v) is 11.5. The summed E-state index contributed by atoms with van der Waals surface area (Å²) in [6, 6.07) is 3.80. The largest absolute Gasteiger partial charge is 0.354 e. The smallest absolute Gasteiger partial charge is 0.231 e. The van der Waals surface area contributed by atoms with Crippen LogP contribution in [0.4, 0.5) is 5.82 Å². The number of aromatic nitrogens is 7. The highest BCUT2D eigenvalue weighted by Crippen LogP contribution is 2.28. The van der Waals surface area contributed by atoms with E-state index in [2.05, 4.69) is 35.7 Å². The van der Waals surface area contributed by atoms with Crippen LogP contribution >= 0.6 is 0 Å². The number of nitrogens with zero attached hydrogens (tertiary/aromatic N) is 8. The molecule has 1 saturated heterocycles. The monoisotopic (exact) mass is 286 g/mol. The van der Waals surface area contributed by atoms with Crippen LogP contribution < -0.4 is 4.90 Å². The van der Waals surface area contributed by atoms with Crippen molar-refractivity contribution in [2.75, 3.05) is 18.0 Å². The highest BCUT2D eigenvalue weighted by Gasteiger charge is 2.26. The molecule has 1 unspecified atom stereocenters. The molecule has 9 heteroatoms. The predicted octanol–water partition coefficient (Wildman–Crippen LogP) is 0.595. The van der Waals surface area contributed by atoms with Gasteiger partial charge in [0.1, 0.15) is 0 Å². The number of anilines is 1. The Balaban J connectivity index is 1.59. The molecule has 1 atom stereocenters. The van der Waals surface area contributed by atoms with Crippen molar-refractivity contribution >= 4 is 11.5 Å². The van der Waals surface area contributed by atoms with E-state index >= 15 is 0 Å². The molecule has 9 nitrogen and oxygen atoms in total. The second kappa shape index (κ2) is 4.76. The van der Waals surface area contributed by atoms with Crippen LogP contribution in [0.5, 0.6) is 0 Å². The first kappa shape index (κ1) is 12.2. The van der Waals surface area contributed by atoms with Crippen molar-refractivity contribution in [1.82, 2.24) is 35.4 Å². The Hall–Kier alpha value is -2.58. The van der Waals surface area contributed by atoms with E-state index in [1.807, 2.05) is 19.1 Å². The molecule has 0 bridgehead atoms. The summed E-state index contributed by atoms with van der Waals surface area (Å²) in [6.07, 6.45) is 2.10. The maximum absolute atomic E-state index is 5.30. The van der Waals surface area contributed by atoms with Gasteiger partial charge in [0.2, 0.25) is 5.89 Å². The van der Waals surface area contributed by atoms with E-state index in [-0.39, 0.29) is 5.92 Å². The third-order valence-electron chi connectivity index (χ3n) is 3.69. The maximum atomic E-state index is 5.30. The summed E-state index contributed by atoms with van der Waals surface area (Å²) < 4.78 is 6.74. The zero-order chi connectivity index (χ0) is 14.2. The van der Waals surface area contributed by atoms with Crippen LogP contribution in [0.1, 0.15) is 30.5 Å². The molecule has 3 aromatic rings. The second-order valence-corrected chi connectivity index (χ2v) is 5.18. The molecule has 0 aromatic carbocycles. The highest BCUT2D eigenvalue weighted by atomic mass is 16.5. The van der Waals surface area contributed by atoms with Crippen LogP contribution in [0.3, 0.4) is 0 Å². The summed E-state index contributed by atoms with van der Waals surface area (Å²) in [6.45, 7) is 3.59. The average Bonchev–Trinajstić information content (AvgIpc) is 3.15. The molecule has 0 N–H and O–H groups in total. The van der Waals surface area contributed by atoms with Crippen molar-refractivity contribution in [3.8, 4) is 0 Å². The Morgan fingerprint density at radius 1 is 1.33 bits per heavy atom. The summed E-state index contributed by atoms with van der Waals surface area (Å²) in [5, 5.41) is 19.6.